The molecule has 1 aliphatic heterocycles. The maximum atomic E-state index is 13.6. The standard InChI is InChI=1S/C28H29FN2O3/c29-24-15-13-22(14-16-24)20-31(26(32)18-21-8-3-1-4-9-21)27(23-10-5-2-6-11-23)28(33)30-19-25-12-7-17-34-25/h1-6,8-11,13-16,25,27H,7,12,17-20H2,(H,30,33)/t25-,27-/m1/s1. The quantitative estimate of drug-likeness (QED) is 0.514. The lowest BCUT2D eigenvalue weighted by Gasteiger charge is -2.32. The molecule has 2 atom stereocenters. The number of hydrogen-bond acceptors (Lipinski definition) is 3. The topological polar surface area (TPSA) is 58.6 Å². The zero-order chi connectivity index (χ0) is 23.8. The van der Waals surface area contributed by atoms with E-state index in [-0.39, 0.29) is 36.7 Å². The number of hydrogen-bond donors (Lipinski definition) is 1. The van der Waals surface area contributed by atoms with Crippen LogP contribution in [0.1, 0.15) is 35.6 Å². The summed E-state index contributed by atoms with van der Waals surface area (Å²) in [5, 5.41) is 3.00. The average Bonchev–Trinajstić information content (AvgIpc) is 3.39. The van der Waals surface area contributed by atoms with Crippen molar-refractivity contribution in [1.29, 1.82) is 0 Å². The van der Waals surface area contributed by atoms with E-state index < -0.39 is 6.04 Å². The Balaban J connectivity index is 1.64. The fraction of sp³-hybridized carbons (Fsp3) is 0.286. The highest BCUT2D eigenvalue weighted by Gasteiger charge is 2.32. The first kappa shape index (κ1) is 23.6. The molecule has 4 rings (SSSR count). The molecule has 5 nitrogen and oxygen atoms in total. The number of nitrogens with zero attached hydrogens (tertiary/aromatic N) is 1. The highest BCUT2D eigenvalue weighted by Crippen LogP contribution is 2.25. The Labute approximate surface area is 199 Å². The lowest BCUT2D eigenvalue weighted by molar-refractivity contribution is -0.141. The van der Waals surface area contributed by atoms with Crippen LogP contribution >= 0.6 is 0 Å². The van der Waals surface area contributed by atoms with Crippen LogP contribution in [0, 0.1) is 5.82 Å². The van der Waals surface area contributed by atoms with Gasteiger partial charge in [0.1, 0.15) is 11.9 Å². The number of carbonyl (C=O) groups is 2. The van der Waals surface area contributed by atoms with Gasteiger partial charge in [-0.25, -0.2) is 4.39 Å². The highest BCUT2D eigenvalue weighted by molar-refractivity contribution is 5.89. The zero-order valence-corrected chi connectivity index (χ0v) is 19.0. The third-order valence-electron chi connectivity index (χ3n) is 5.99. The number of amides is 2. The van der Waals surface area contributed by atoms with Crippen molar-refractivity contribution < 1.29 is 18.7 Å². The fourth-order valence-corrected chi connectivity index (χ4v) is 4.21. The maximum absolute atomic E-state index is 13.6. The summed E-state index contributed by atoms with van der Waals surface area (Å²) >= 11 is 0. The summed E-state index contributed by atoms with van der Waals surface area (Å²) in [7, 11) is 0. The average molecular weight is 461 g/mol. The van der Waals surface area contributed by atoms with Gasteiger partial charge >= 0.3 is 0 Å². The van der Waals surface area contributed by atoms with Gasteiger partial charge in [0, 0.05) is 19.7 Å². The van der Waals surface area contributed by atoms with Crippen LogP contribution in [-0.4, -0.2) is 36.0 Å². The van der Waals surface area contributed by atoms with Crippen LogP contribution in [0.3, 0.4) is 0 Å². The van der Waals surface area contributed by atoms with E-state index in [1.54, 1.807) is 17.0 Å². The molecule has 176 valence electrons. The van der Waals surface area contributed by atoms with Crippen molar-refractivity contribution in [1.82, 2.24) is 10.2 Å². The molecule has 1 N–H and O–H groups in total. The van der Waals surface area contributed by atoms with Gasteiger partial charge in [0.25, 0.3) is 0 Å². The Morgan fingerprint density at radius 2 is 1.62 bits per heavy atom. The van der Waals surface area contributed by atoms with Gasteiger partial charge in [-0.1, -0.05) is 72.8 Å². The Hall–Kier alpha value is -3.51. The molecule has 34 heavy (non-hydrogen) atoms. The summed E-state index contributed by atoms with van der Waals surface area (Å²) < 4.78 is 19.2. The van der Waals surface area contributed by atoms with Gasteiger partial charge in [0.2, 0.25) is 11.8 Å². The van der Waals surface area contributed by atoms with Gasteiger partial charge in [-0.05, 0) is 41.7 Å². The van der Waals surface area contributed by atoms with Gasteiger partial charge < -0.3 is 15.0 Å². The van der Waals surface area contributed by atoms with Crippen molar-refractivity contribution in [2.45, 2.75) is 38.0 Å². The van der Waals surface area contributed by atoms with Crippen molar-refractivity contribution >= 4 is 11.8 Å². The molecule has 6 heteroatoms. The van der Waals surface area contributed by atoms with Gasteiger partial charge in [-0.15, -0.1) is 0 Å². The molecule has 0 aromatic heterocycles. The molecule has 0 saturated carbocycles. The molecule has 1 aliphatic rings. The summed E-state index contributed by atoms with van der Waals surface area (Å²) in [5.41, 5.74) is 2.33. The second-order valence-electron chi connectivity index (χ2n) is 8.50. The molecule has 3 aromatic rings. The van der Waals surface area contributed by atoms with Gasteiger partial charge in [0.15, 0.2) is 0 Å². The smallest absolute Gasteiger partial charge is 0.247 e. The number of nitrogens with one attached hydrogen (secondary N) is 1. The molecule has 3 aromatic carbocycles. The SMILES string of the molecule is O=C(NC[C@H]1CCCO1)[C@@H](c1ccccc1)N(Cc1ccc(F)cc1)C(=O)Cc1ccccc1. The van der Waals surface area contributed by atoms with Gasteiger partial charge in [0.05, 0.1) is 12.5 Å². The van der Waals surface area contributed by atoms with Gasteiger partial charge in [-0.2, -0.15) is 0 Å². The number of benzene rings is 3. The van der Waals surface area contributed by atoms with Crippen molar-refractivity contribution in [2.24, 2.45) is 0 Å². The van der Waals surface area contributed by atoms with E-state index in [0.717, 1.165) is 29.5 Å². The number of halogens is 1. The molecular formula is C28H29FN2O3. The summed E-state index contributed by atoms with van der Waals surface area (Å²) in [6.45, 7) is 1.28. The lowest BCUT2D eigenvalue weighted by Crippen LogP contribution is -2.45. The molecule has 0 aliphatic carbocycles. The van der Waals surface area contributed by atoms with Crippen LogP contribution in [0.5, 0.6) is 0 Å². The first-order valence-electron chi connectivity index (χ1n) is 11.6. The summed E-state index contributed by atoms with van der Waals surface area (Å²) in [4.78, 5) is 28.7. The summed E-state index contributed by atoms with van der Waals surface area (Å²) in [5.74, 6) is -0.790. The second kappa shape index (κ2) is 11.6. The molecule has 0 radical (unpaired) electrons. The van der Waals surface area contributed by atoms with E-state index in [4.69, 9.17) is 4.74 Å². The van der Waals surface area contributed by atoms with E-state index in [0.29, 0.717) is 13.2 Å². The Morgan fingerprint density at radius 1 is 0.941 bits per heavy atom. The van der Waals surface area contributed by atoms with Gasteiger partial charge in [-0.3, -0.25) is 9.59 Å². The van der Waals surface area contributed by atoms with E-state index in [2.05, 4.69) is 5.32 Å². The summed E-state index contributed by atoms with van der Waals surface area (Å²) in [6, 6.07) is 23.9. The van der Waals surface area contributed by atoms with Crippen molar-refractivity contribution in [3.63, 3.8) is 0 Å². The van der Waals surface area contributed by atoms with Crippen LogP contribution in [0.15, 0.2) is 84.9 Å². The second-order valence-corrected chi connectivity index (χ2v) is 8.50. The van der Waals surface area contributed by atoms with E-state index in [1.165, 1.54) is 12.1 Å². The number of ether oxygens (including phenoxy) is 1. The first-order valence-corrected chi connectivity index (χ1v) is 11.6. The molecule has 0 bridgehead atoms. The predicted octanol–water partition coefficient (Wildman–Crippen LogP) is 4.43. The molecule has 1 fully saturated rings. The zero-order valence-electron chi connectivity index (χ0n) is 19.0. The minimum Gasteiger partial charge on any atom is -0.376 e. The van der Waals surface area contributed by atoms with E-state index >= 15 is 0 Å². The number of carbonyl (C=O) groups excluding carboxylic acids is 2. The molecule has 1 heterocycles. The molecule has 2 amide bonds. The molecule has 1 saturated heterocycles. The Bertz CT molecular complexity index is 1070. The number of rotatable bonds is 9. The summed E-state index contributed by atoms with van der Waals surface area (Å²) in [6.07, 6.45) is 2.04. The maximum Gasteiger partial charge on any atom is 0.247 e. The lowest BCUT2D eigenvalue weighted by atomic mass is 10.0. The Morgan fingerprint density at radius 3 is 2.26 bits per heavy atom. The Kier molecular flexibility index (Phi) is 8.04. The first-order chi connectivity index (χ1) is 16.6. The minimum atomic E-state index is -0.830. The third kappa shape index (κ3) is 6.29. The third-order valence-corrected chi connectivity index (χ3v) is 5.99. The largest absolute Gasteiger partial charge is 0.376 e. The van der Waals surface area contributed by atoms with Crippen molar-refractivity contribution in [2.75, 3.05) is 13.2 Å². The minimum absolute atomic E-state index is 0.00839. The van der Waals surface area contributed by atoms with E-state index in [1.807, 2.05) is 60.7 Å². The normalized spacial score (nSPS) is 16.1. The predicted molar refractivity (Wildman–Crippen MR) is 128 cm³/mol. The monoisotopic (exact) mass is 460 g/mol. The van der Waals surface area contributed by atoms with Crippen molar-refractivity contribution in [3.8, 4) is 0 Å². The fourth-order valence-electron chi connectivity index (χ4n) is 4.21. The molecular weight excluding hydrogens is 431 g/mol. The van der Waals surface area contributed by atoms with Crippen LogP contribution in [0.4, 0.5) is 4.39 Å². The molecule has 0 spiro atoms. The van der Waals surface area contributed by atoms with Crippen LogP contribution in [-0.2, 0) is 27.3 Å². The van der Waals surface area contributed by atoms with Crippen molar-refractivity contribution in [3.05, 3.63) is 107 Å². The van der Waals surface area contributed by atoms with Crippen LogP contribution in [0.2, 0.25) is 0 Å². The van der Waals surface area contributed by atoms with Crippen LogP contribution < -0.4 is 5.32 Å². The molecule has 0 unspecified atom stereocenters. The highest BCUT2D eigenvalue weighted by atomic mass is 19.1. The van der Waals surface area contributed by atoms with E-state index in [9.17, 15) is 14.0 Å². The van der Waals surface area contributed by atoms with Crippen LogP contribution in [0.25, 0.3) is 0 Å².